The molecule has 6 nitrogen and oxygen atoms in total. The number of aliphatic imine (C=N–C) groups is 1. The Morgan fingerprint density at radius 2 is 2.00 bits per heavy atom. The summed E-state index contributed by atoms with van der Waals surface area (Å²) in [6, 6.07) is 9.14. The molecule has 0 amide bonds. The molecule has 2 fully saturated rings. The highest BCUT2D eigenvalue weighted by Gasteiger charge is 2.51. The number of esters is 1. The van der Waals surface area contributed by atoms with Gasteiger partial charge in [0, 0.05) is 18.4 Å². The molecule has 1 aliphatic carbocycles. The monoisotopic (exact) mass is 359 g/mol. The Morgan fingerprint density at radius 1 is 1.23 bits per heavy atom. The molecule has 2 aliphatic heterocycles. The molecule has 1 aromatic rings. The van der Waals surface area contributed by atoms with Crippen molar-refractivity contribution in [3.05, 3.63) is 35.9 Å². The summed E-state index contributed by atoms with van der Waals surface area (Å²) >= 11 is 0. The van der Waals surface area contributed by atoms with Crippen molar-refractivity contribution in [2.45, 2.75) is 63.1 Å². The second-order valence-corrected chi connectivity index (χ2v) is 7.02. The molecule has 140 valence electrons. The van der Waals surface area contributed by atoms with Crippen LogP contribution >= 0.6 is 0 Å². The highest BCUT2D eigenvalue weighted by atomic mass is 16.7. The van der Waals surface area contributed by atoms with Gasteiger partial charge in [0.15, 0.2) is 5.79 Å². The van der Waals surface area contributed by atoms with E-state index in [-0.39, 0.29) is 6.10 Å². The molecular weight excluding hydrogens is 334 g/mol. The number of ether oxygens (including phenoxy) is 4. The standard InChI is InChI=1S/C20H25NO5/c1-2-23-19(22)17-16(21-18(25-17)14-9-5-3-6-10-14)15-13-24-20(26-15)11-7-4-8-12-20/h3,5-6,9-10,15-17H,2,4,7-8,11-13H2,1H3/t15-,16+,17-/m1/s1. The van der Waals surface area contributed by atoms with Gasteiger partial charge in [-0.3, -0.25) is 0 Å². The van der Waals surface area contributed by atoms with Gasteiger partial charge in [-0.15, -0.1) is 0 Å². The van der Waals surface area contributed by atoms with Gasteiger partial charge in [0.05, 0.1) is 13.2 Å². The summed E-state index contributed by atoms with van der Waals surface area (Å²) in [4.78, 5) is 17.1. The summed E-state index contributed by atoms with van der Waals surface area (Å²) in [5.41, 5.74) is 0.843. The Bertz CT molecular complexity index is 668. The first-order valence-electron chi connectivity index (χ1n) is 9.49. The molecule has 0 N–H and O–H groups in total. The number of carbonyl (C=O) groups excluding carboxylic acids is 1. The van der Waals surface area contributed by atoms with Crippen LogP contribution in [0.3, 0.4) is 0 Å². The topological polar surface area (TPSA) is 66.4 Å². The fraction of sp³-hybridized carbons (Fsp3) is 0.600. The van der Waals surface area contributed by atoms with E-state index in [1.54, 1.807) is 6.92 Å². The van der Waals surface area contributed by atoms with E-state index in [4.69, 9.17) is 23.9 Å². The van der Waals surface area contributed by atoms with Gasteiger partial charge in [-0.1, -0.05) is 24.6 Å². The Kier molecular flexibility index (Phi) is 4.96. The number of carbonyl (C=O) groups is 1. The summed E-state index contributed by atoms with van der Waals surface area (Å²) in [6.07, 6.45) is 4.13. The second-order valence-electron chi connectivity index (χ2n) is 7.02. The number of nitrogens with zero attached hydrogens (tertiary/aromatic N) is 1. The van der Waals surface area contributed by atoms with Crippen LogP contribution in [0.1, 0.15) is 44.6 Å². The van der Waals surface area contributed by atoms with Crippen molar-refractivity contribution >= 4 is 11.9 Å². The Hall–Kier alpha value is -1.92. The smallest absolute Gasteiger partial charge is 0.349 e. The molecule has 6 heteroatoms. The van der Waals surface area contributed by atoms with Gasteiger partial charge in [-0.25, -0.2) is 9.79 Å². The SMILES string of the molecule is CCOC(=O)[C@@H]1OC(c2ccccc2)=N[C@H]1[C@H]1COC2(CCCCC2)O1. The van der Waals surface area contributed by atoms with Gasteiger partial charge in [0.25, 0.3) is 0 Å². The van der Waals surface area contributed by atoms with Crippen LogP contribution < -0.4 is 0 Å². The van der Waals surface area contributed by atoms with E-state index in [9.17, 15) is 4.79 Å². The van der Waals surface area contributed by atoms with E-state index in [0.29, 0.717) is 19.1 Å². The Labute approximate surface area is 153 Å². The van der Waals surface area contributed by atoms with Crippen LogP contribution in [0.5, 0.6) is 0 Å². The van der Waals surface area contributed by atoms with Crippen molar-refractivity contribution in [2.75, 3.05) is 13.2 Å². The van der Waals surface area contributed by atoms with Crippen LogP contribution in [-0.2, 0) is 23.7 Å². The lowest BCUT2D eigenvalue weighted by molar-refractivity contribution is -0.191. The minimum absolute atomic E-state index is 0.302. The van der Waals surface area contributed by atoms with Crippen molar-refractivity contribution < 1.29 is 23.7 Å². The van der Waals surface area contributed by atoms with Crippen molar-refractivity contribution in [3.8, 4) is 0 Å². The molecule has 3 aliphatic rings. The fourth-order valence-electron chi connectivity index (χ4n) is 3.94. The molecule has 0 aromatic heterocycles. The summed E-state index contributed by atoms with van der Waals surface area (Å²) < 4.78 is 23.4. The number of hydrogen-bond donors (Lipinski definition) is 0. The fourth-order valence-corrected chi connectivity index (χ4v) is 3.94. The first kappa shape index (κ1) is 17.5. The molecule has 0 unspecified atom stereocenters. The van der Waals surface area contributed by atoms with E-state index in [0.717, 1.165) is 31.2 Å². The average Bonchev–Trinajstić information content (AvgIpc) is 3.28. The van der Waals surface area contributed by atoms with Crippen LogP contribution in [0.15, 0.2) is 35.3 Å². The summed E-state index contributed by atoms with van der Waals surface area (Å²) in [7, 11) is 0. The number of hydrogen-bond acceptors (Lipinski definition) is 6. The lowest BCUT2D eigenvalue weighted by Gasteiger charge is -2.32. The van der Waals surface area contributed by atoms with Crippen LogP contribution in [0.4, 0.5) is 0 Å². The molecule has 26 heavy (non-hydrogen) atoms. The molecule has 1 saturated carbocycles. The normalized spacial score (nSPS) is 30.0. The lowest BCUT2D eigenvalue weighted by Crippen LogP contribution is -2.43. The first-order valence-corrected chi connectivity index (χ1v) is 9.49. The molecule has 4 rings (SSSR count). The number of rotatable bonds is 4. The molecule has 3 atom stereocenters. The lowest BCUT2D eigenvalue weighted by atomic mass is 9.94. The van der Waals surface area contributed by atoms with Crippen molar-refractivity contribution in [2.24, 2.45) is 4.99 Å². The maximum atomic E-state index is 12.4. The van der Waals surface area contributed by atoms with Crippen LogP contribution in [0, 0.1) is 0 Å². The van der Waals surface area contributed by atoms with Gasteiger partial charge in [-0.05, 0) is 31.9 Å². The van der Waals surface area contributed by atoms with E-state index in [1.807, 2.05) is 30.3 Å². The predicted molar refractivity (Wildman–Crippen MR) is 94.9 cm³/mol. The molecular formula is C20H25NO5. The maximum absolute atomic E-state index is 12.4. The minimum Gasteiger partial charge on any atom is -0.463 e. The summed E-state index contributed by atoms with van der Waals surface area (Å²) in [5.74, 6) is -0.449. The second kappa shape index (κ2) is 7.37. The van der Waals surface area contributed by atoms with E-state index in [1.165, 1.54) is 6.42 Å². The Morgan fingerprint density at radius 3 is 2.73 bits per heavy atom. The highest BCUT2D eigenvalue weighted by Crippen LogP contribution is 2.40. The van der Waals surface area contributed by atoms with Gasteiger partial charge in [0.2, 0.25) is 12.0 Å². The van der Waals surface area contributed by atoms with E-state index in [2.05, 4.69) is 0 Å². The zero-order valence-corrected chi connectivity index (χ0v) is 15.1. The molecule has 1 saturated heterocycles. The largest absolute Gasteiger partial charge is 0.463 e. The average molecular weight is 359 g/mol. The predicted octanol–water partition coefficient (Wildman–Crippen LogP) is 2.84. The molecule has 2 heterocycles. The third kappa shape index (κ3) is 3.35. The molecule has 1 aromatic carbocycles. The zero-order valence-electron chi connectivity index (χ0n) is 15.1. The Balaban J connectivity index is 1.56. The van der Waals surface area contributed by atoms with E-state index < -0.39 is 23.9 Å². The van der Waals surface area contributed by atoms with E-state index >= 15 is 0 Å². The quantitative estimate of drug-likeness (QED) is 0.774. The summed E-state index contributed by atoms with van der Waals surface area (Å²) in [6.45, 7) is 2.51. The van der Waals surface area contributed by atoms with Crippen LogP contribution in [0.25, 0.3) is 0 Å². The van der Waals surface area contributed by atoms with Gasteiger partial charge in [0.1, 0.15) is 12.1 Å². The van der Waals surface area contributed by atoms with Crippen LogP contribution in [-0.4, -0.2) is 49.1 Å². The summed E-state index contributed by atoms with van der Waals surface area (Å²) in [5, 5.41) is 0. The molecule has 0 bridgehead atoms. The van der Waals surface area contributed by atoms with Gasteiger partial charge >= 0.3 is 5.97 Å². The third-order valence-corrected chi connectivity index (χ3v) is 5.23. The third-order valence-electron chi connectivity index (χ3n) is 5.23. The van der Waals surface area contributed by atoms with Crippen molar-refractivity contribution in [3.63, 3.8) is 0 Å². The minimum atomic E-state index is -0.794. The molecule has 1 spiro atoms. The highest BCUT2D eigenvalue weighted by molar-refractivity contribution is 5.98. The van der Waals surface area contributed by atoms with Crippen molar-refractivity contribution in [1.82, 2.24) is 0 Å². The maximum Gasteiger partial charge on any atom is 0.349 e. The van der Waals surface area contributed by atoms with Gasteiger partial charge < -0.3 is 18.9 Å². The molecule has 0 radical (unpaired) electrons. The van der Waals surface area contributed by atoms with Crippen LogP contribution in [0.2, 0.25) is 0 Å². The number of benzene rings is 1. The van der Waals surface area contributed by atoms with Crippen molar-refractivity contribution in [1.29, 1.82) is 0 Å². The first-order chi connectivity index (χ1) is 12.7. The van der Waals surface area contributed by atoms with Gasteiger partial charge in [-0.2, -0.15) is 0 Å². The zero-order chi connectivity index (χ0) is 18.0.